The monoisotopic (exact) mass is 418 g/mol. The maximum absolute atomic E-state index is 10.4. The van der Waals surface area contributed by atoms with Crippen LogP contribution in [0.25, 0.3) is 10.1 Å². The van der Waals surface area contributed by atoms with Gasteiger partial charge < -0.3 is 35.4 Å². The van der Waals surface area contributed by atoms with Gasteiger partial charge in [-0.15, -0.1) is 11.3 Å². The first kappa shape index (κ1) is 20.1. The summed E-state index contributed by atoms with van der Waals surface area (Å²) >= 11 is 1.59. The molecule has 29 heavy (non-hydrogen) atoms. The molecule has 154 valence electrons. The summed E-state index contributed by atoms with van der Waals surface area (Å²) in [6.07, 6.45) is -6.41. The molecule has 1 fully saturated rings. The van der Waals surface area contributed by atoms with Gasteiger partial charge in [-0.3, -0.25) is 0 Å². The highest BCUT2D eigenvalue weighted by Gasteiger charge is 2.44. The lowest BCUT2D eigenvalue weighted by molar-refractivity contribution is -0.232. The molecule has 1 aromatic heterocycles. The summed E-state index contributed by atoms with van der Waals surface area (Å²) in [6.45, 7) is -0.561. The first-order valence-corrected chi connectivity index (χ1v) is 10.0. The molecule has 0 amide bonds. The van der Waals surface area contributed by atoms with Crippen molar-refractivity contribution in [3.63, 3.8) is 0 Å². The van der Waals surface area contributed by atoms with Crippen LogP contribution in [0, 0.1) is 0 Å². The molecular formula is C21H22O7S. The van der Waals surface area contributed by atoms with E-state index in [4.69, 9.17) is 4.74 Å². The molecule has 2 heterocycles. The first-order valence-electron chi connectivity index (χ1n) is 9.21. The quantitative estimate of drug-likeness (QED) is 0.378. The topological polar surface area (TPSA) is 131 Å². The van der Waals surface area contributed by atoms with Crippen LogP contribution < -0.4 is 0 Å². The maximum atomic E-state index is 10.4. The van der Waals surface area contributed by atoms with Gasteiger partial charge in [0.05, 0.1) is 6.61 Å². The third-order valence-electron chi connectivity index (χ3n) is 5.27. The fourth-order valence-corrected chi connectivity index (χ4v) is 4.77. The van der Waals surface area contributed by atoms with E-state index in [1.54, 1.807) is 11.3 Å². The molecular weight excluding hydrogens is 396 g/mol. The molecule has 2 aromatic carbocycles. The minimum Gasteiger partial charge on any atom is -0.508 e. The molecule has 0 radical (unpaired) electrons. The number of aliphatic hydroxyl groups is 4. The summed E-state index contributed by atoms with van der Waals surface area (Å²) < 4.78 is 6.66. The lowest BCUT2D eigenvalue weighted by atomic mass is 9.89. The van der Waals surface area contributed by atoms with Crippen molar-refractivity contribution in [2.24, 2.45) is 0 Å². The predicted molar refractivity (Wildman–Crippen MR) is 107 cm³/mol. The summed E-state index contributed by atoms with van der Waals surface area (Å²) in [5.74, 6) is -0.416. The number of hydrogen-bond donors (Lipinski definition) is 6. The summed E-state index contributed by atoms with van der Waals surface area (Å²) in [4.78, 5) is 1.01. The second-order valence-corrected chi connectivity index (χ2v) is 8.38. The number of fused-ring (bicyclic) bond motifs is 1. The number of aliphatic hydroxyl groups excluding tert-OH is 4. The van der Waals surface area contributed by atoms with Gasteiger partial charge in [0.15, 0.2) is 0 Å². The van der Waals surface area contributed by atoms with E-state index in [-0.39, 0.29) is 17.1 Å². The average Bonchev–Trinajstić information content (AvgIpc) is 3.11. The molecule has 3 aromatic rings. The molecule has 1 saturated heterocycles. The highest BCUT2D eigenvalue weighted by atomic mass is 32.1. The van der Waals surface area contributed by atoms with Crippen molar-refractivity contribution < 1.29 is 35.4 Å². The smallest absolute Gasteiger partial charge is 0.125 e. The number of aromatic hydroxyl groups is 2. The number of ether oxygens (including phenoxy) is 1. The van der Waals surface area contributed by atoms with Gasteiger partial charge in [-0.1, -0.05) is 18.2 Å². The molecule has 6 N–H and O–H groups in total. The number of phenols is 2. The van der Waals surface area contributed by atoms with Crippen molar-refractivity contribution in [3.8, 4) is 11.5 Å². The Morgan fingerprint density at radius 1 is 0.897 bits per heavy atom. The minimum atomic E-state index is -1.55. The summed E-state index contributed by atoms with van der Waals surface area (Å²) in [7, 11) is 0. The van der Waals surface area contributed by atoms with E-state index < -0.39 is 37.1 Å². The van der Waals surface area contributed by atoms with Crippen LogP contribution in [0.1, 0.15) is 22.1 Å². The minimum absolute atomic E-state index is 0.103. The van der Waals surface area contributed by atoms with Crippen LogP contribution in [-0.2, 0) is 11.2 Å². The summed E-state index contributed by atoms with van der Waals surface area (Å²) in [5.41, 5.74) is 0.678. The van der Waals surface area contributed by atoms with Crippen molar-refractivity contribution in [2.75, 3.05) is 6.61 Å². The van der Waals surface area contributed by atoms with Gasteiger partial charge in [0.25, 0.3) is 0 Å². The summed E-state index contributed by atoms with van der Waals surface area (Å²) in [5, 5.41) is 61.5. The van der Waals surface area contributed by atoms with Gasteiger partial charge in [0.2, 0.25) is 0 Å². The second kappa shape index (κ2) is 7.91. The van der Waals surface area contributed by atoms with E-state index in [0.29, 0.717) is 12.0 Å². The number of rotatable bonds is 4. The van der Waals surface area contributed by atoms with Crippen LogP contribution in [0.4, 0.5) is 0 Å². The van der Waals surface area contributed by atoms with Gasteiger partial charge in [0, 0.05) is 27.6 Å². The maximum Gasteiger partial charge on any atom is 0.125 e. The molecule has 8 heteroatoms. The molecule has 0 spiro atoms. The number of hydrogen-bond acceptors (Lipinski definition) is 8. The molecule has 1 aliphatic heterocycles. The highest BCUT2D eigenvalue weighted by Crippen LogP contribution is 2.40. The molecule has 0 unspecified atom stereocenters. The van der Waals surface area contributed by atoms with Crippen LogP contribution in [0.5, 0.6) is 11.5 Å². The SMILES string of the molecule is OC[C@H]1O[C@@H](c2cc(Cc3cc4ccccc4s3)c(O)cc2O)[C@H](O)[C@@H](O)[C@@H]1O. The molecule has 0 bridgehead atoms. The zero-order valence-corrected chi connectivity index (χ0v) is 16.2. The Bertz CT molecular complexity index is 982. The van der Waals surface area contributed by atoms with Crippen LogP contribution in [0.3, 0.4) is 0 Å². The second-order valence-electron chi connectivity index (χ2n) is 7.22. The Morgan fingerprint density at radius 2 is 1.66 bits per heavy atom. The van der Waals surface area contributed by atoms with Crippen molar-refractivity contribution in [1.82, 2.24) is 0 Å². The fraction of sp³-hybridized carbons (Fsp3) is 0.333. The van der Waals surface area contributed by atoms with E-state index >= 15 is 0 Å². The standard InChI is InChI=1S/C21H22O7S/c22-9-16-18(25)19(26)20(27)21(28-16)13-7-11(14(23)8-15(13)24)6-12-5-10-3-1-2-4-17(10)29-12/h1-5,7-8,16,18-27H,6,9H2/t16-,18-,19+,20-,21+/m1/s1. The molecule has 0 saturated carbocycles. The van der Waals surface area contributed by atoms with E-state index in [2.05, 4.69) is 0 Å². The zero-order chi connectivity index (χ0) is 20.7. The van der Waals surface area contributed by atoms with Crippen LogP contribution in [0.2, 0.25) is 0 Å². The number of benzene rings is 2. The normalized spacial score (nSPS) is 27.4. The van der Waals surface area contributed by atoms with Crippen molar-refractivity contribution in [3.05, 3.63) is 58.5 Å². The Morgan fingerprint density at radius 3 is 2.38 bits per heavy atom. The Labute approximate surface area is 170 Å². The predicted octanol–water partition coefficient (Wildman–Crippen LogP) is 1.42. The van der Waals surface area contributed by atoms with E-state index in [1.807, 2.05) is 30.3 Å². The van der Waals surface area contributed by atoms with Crippen LogP contribution in [0.15, 0.2) is 42.5 Å². The third kappa shape index (κ3) is 3.71. The molecule has 4 rings (SSSR count). The van der Waals surface area contributed by atoms with E-state index in [1.165, 1.54) is 12.1 Å². The fourth-order valence-electron chi connectivity index (χ4n) is 3.68. The van der Waals surface area contributed by atoms with E-state index in [9.17, 15) is 30.6 Å². The molecule has 0 aliphatic carbocycles. The molecule has 7 nitrogen and oxygen atoms in total. The van der Waals surface area contributed by atoms with Gasteiger partial charge in [-0.05, 0) is 29.1 Å². The van der Waals surface area contributed by atoms with Crippen LogP contribution >= 0.6 is 11.3 Å². The highest BCUT2D eigenvalue weighted by molar-refractivity contribution is 7.19. The molecule has 5 atom stereocenters. The first-order chi connectivity index (χ1) is 13.9. The Kier molecular flexibility index (Phi) is 5.48. The number of thiophene rings is 1. The van der Waals surface area contributed by atoms with Gasteiger partial charge >= 0.3 is 0 Å². The van der Waals surface area contributed by atoms with E-state index in [0.717, 1.165) is 15.0 Å². The summed E-state index contributed by atoms with van der Waals surface area (Å²) in [6, 6.07) is 12.6. The van der Waals surface area contributed by atoms with Crippen molar-refractivity contribution in [1.29, 1.82) is 0 Å². The van der Waals surface area contributed by atoms with Gasteiger partial charge in [0.1, 0.15) is 42.0 Å². The van der Waals surface area contributed by atoms with Gasteiger partial charge in [-0.2, -0.15) is 0 Å². The zero-order valence-electron chi connectivity index (χ0n) is 15.3. The van der Waals surface area contributed by atoms with Crippen molar-refractivity contribution >= 4 is 21.4 Å². The largest absolute Gasteiger partial charge is 0.508 e. The number of phenolic OH excluding ortho intramolecular Hbond substituents is 2. The molecule has 1 aliphatic rings. The Hall–Kier alpha value is -2.20. The lowest BCUT2D eigenvalue weighted by Crippen LogP contribution is -2.55. The van der Waals surface area contributed by atoms with Crippen LogP contribution in [-0.4, -0.2) is 61.7 Å². The van der Waals surface area contributed by atoms with Crippen molar-refractivity contribution in [2.45, 2.75) is 36.9 Å². The third-order valence-corrected chi connectivity index (χ3v) is 6.38. The average molecular weight is 418 g/mol. The Balaban J connectivity index is 1.68. The van der Waals surface area contributed by atoms with Gasteiger partial charge in [-0.25, -0.2) is 0 Å². The lowest BCUT2D eigenvalue weighted by Gasteiger charge is -2.40.